The second-order valence-corrected chi connectivity index (χ2v) is 3.12. The minimum Gasteiger partial charge on any atom is -0.480 e. The monoisotopic (exact) mass is 233 g/mol. The second kappa shape index (κ2) is 7.57. The summed E-state index contributed by atoms with van der Waals surface area (Å²) in [6, 6.07) is -0.921. The molecule has 0 saturated heterocycles. The number of methoxy groups -OCH3 is 1. The van der Waals surface area contributed by atoms with E-state index < -0.39 is 18.1 Å². The van der Waals surface area contributed by atoms with E-state index in [1.165, 1.54) is 0 Å². The van der Waals surface area contributed by atoms with Crippen LogP contribution in [-0.2, 0) is 9.53 Å². The second-order valence-electron chi connectivity index (χ2n) is 3.12. The predicted octanol–water partition coefficient (Wildman–Crippen LogP) is 0.318. The third kappa shape index (κ3) is 5.25. The maximum absolute atomic E-state index is 10.9. The number of aliphatic carboxylic acids is 1. The lowest BCUT2D eigenvalue weighted by molar-refractivity contribution is -0.138. The van der Waals surface area contributed by atoms with E-state index in [2.05, 4.69) is 10.0 Å². The molecule has 0 heterocycles. The van der Waals surface area contributed by atoms with E-state index >= 15 is 0 Å². The van der Waals surface area contributed by atoms with E-state index in [-0.39, 0.29) is 13.0 Å². The Morgan fingerprint density at radius 3 is 2.56 bits per heavy atom. The molecular weight excluding hydrogens is 218 g/mol. The molecule has 0 bridgehead atoms. The third-order valence-electron chi connectivity index (χ3n) is 1.94. The van der Waals surface area contributed by atoms with Crippen LogP contribution in [0.4, 0.5) is 4.79 Å². The molecule has 0 aromatic heterocycles. The standard InChI is InChI=1S/C8H15N3O5/c1-16-8(14)11(10-15)5-3-2-4-6(9)7(12)13/h6H,2-5,9H2,1H3,(H,12,13)/t6-/m0/s1. The molecule has 0 fully saturated rings. The van der Waals surface area contributed by atoms with Crippen LogP contribution in [-0.4, -0.2) is 41.9 Å². The van der Waals surface area contributed by atoms with Crippen molar-refractivity contribution in [1.82, 2.24) is 5.01 Å². The van der Waals surface area contributed by atoms with Crippen molar-refractivity contribution < 1.29 is 19.4 Å². The lowest BCUT2D eigenvalue weighted by Crippen LogP contribution is -2.30. The summed E-state index contributed by atoms with van der Waals surface area (Å²) in [5.74, 6) is -1.07. The Hall–Kier alpha value is -1.70. The molecule has 8 nitrogen and oxygen atoms in total. The molecule has 0 aromatic rings. The molecule has 16 heavy (non-hydrogen) atoms. The van der Waals surface area contributed by atoms with Gasteiger partial charge in [0.05, 0.1) is 18.9 Å². The fourth-order valence-electron chi connectivity index (χ4n) is 1.02. The Balaban J connectivity index is 3.75. The number of carboxylic acids is 1. The number of carboxylic acid groups (broad SMARTS) is 1. The van der Waals surface area contributed by atoms with Gasteiger partial charge < -0.3 is 15.6 Å². The Morgan fingerprint density at radius 2 is 2.12 bits per heavy atom. The molecule has 0 saturated carbocycles. The van der Waals surface area contributed by atoms with E-state index in [0.717, 1.165) is 7.11 Å². The molecule has 1 amide bonds. The Morgan fingerprint density at radius 1 is 1.50 bits per heavy atom. The van der Waals surface area contributed by atoms with Crippen molar-refractivity contribution in [3.8, 4) is 0 Å². The number of unbranched alkanes of at least 4 members (excludes halogenated alkanes) is 1. The molecule has 0 rings (SSSR count). The summed E-state index contributed by atoms with van der Waals surface area (Å²) in [7, 11) is 1.14. The molecule has 0 aliphatic carbocycles. The molecule has 0 spiro atoms. The zero-order valence-corrected chi connectivity index (χ0v) is 8.96. The predicted molar refractivity (Wildman–Crippen MR) is 54.4 cm³/mol. The maximum Gasteiger partial charge on any atom is 0.432 e. The van der Waals surface area contributed by atoms with E-state index in [1.54, 1.807) is 0 Å². The minimum atomic E-state index is -1.07. The normalized spacial score (nSPS) is 11.6. The topological polar surface area (TPSA) is 122 Å². The number of carbonyl (C=O) groups excluding carboxylic acids is 1. The van der Waals surface area contributed by atoms with Crippen LogP contribution in [0.3, 0.4) is 0 Å². The van der Waals surface area contributed by atoms with Crippen molar-refractivity contribution in [3.05, 3.63) is 4.91 Å². The highest BCUT2D eigenvalue weighted by Crippen LogP contribution is 2.03. The highest BCUT2D eigenvalue weighted by atomic mass is 16.6. The first-order valence-electron chi connectivity index (χ1n) is 4.70. The smallest absolute Gasteiger partial charge is 0.432 e. The van der Waals surface area contributed by atoms with E-state index in [9.17, 15) is 14.5 Å². The van der Waals surface area contributed by atoms with Crippen molar-refractivity contribution >= 4 is 12.1 Å². The summed E-state index contributed by atoms with van der Waals surface area (Å²) >= 11 is 0. The van der Waals surface area contributed by atoms with Gasteiger partial charge in [-0.3, -0.25) is 4.79 Å². The number of hydrogen-bond donors (Lipinski definition) is 2. The molecular formula is C8H15N3O5. The summed E-state index contributed by atoms with van der Waals surface area (Å²) in [6.07, 6.45) is 0.360. The van der Waals surface area contributed by atoms with Gasteiger partial charge in [-0.25, -0.2) is 4.79 Å². The zero-order valence-electron chi connectivity index (χ0n) is 8.96. The van der Waals surface area contributed by atoms with Crippen LogP contribution in [0.1, 0.15) is 19.3 Å². The molecule has 0 unspecified atom stereocenters. The first kappa shape index (κ1) is 14.3. The summed E-state index contributed by atoms with van der Waals surface area (Å²) < 4.78 is 4.29. The molecule has 0 aliphatic rings. The van der Waals surface area contributed by atoms with Gasteiger partial charge >= 0.3 is 12.1 Å². The highest BCUT2D eigenvalue weighted by Gasteiger charge is 2.15. The summed E-state index contributed by atoms with van der Waals surface area (Å²) in [5.41, 5.74) is 5.26. The number of hydrogen-bond acceptors (Lipinski definition) is 6. The van der Waals surface area contributed by atoms with Gasteiger partial charge in [-0.1, -0.05) is 0 Å². The summed E-state index contributed by atoms with van der Waals surface area (Å²) in [5, 5.41) is 11.6. The van der Waals surface area contributed by atoms with Crippen LogP contribution in [0, 0.1) is 4.91 Å². The number of carbonyl (C=O) groups is 2. The maximum atomic E-state index is 10.9. The van der Waals surface area contributed by atoms with Gasteiger partial charge in [0.25, 0.3) is 0 Å². The number of ether oxygens (including phenoxy) is 1. The highest BCUT2D eigenvalue weighted by molar-refractivity contribution is 5.72. The van der Waals surface area contributed by atoms with Crippen LogP contribution >= 0.6 is 0 Å². The summed E-state index contributed by atoms with van der Waals surface area (Å²) in [4.78, 5) is 31.4. The summed E-state index contributed by atoms with van der Waals surface area (Å²) in [6.45, 7) is 0.0858. The van der Waals surface area contributed by atoms with Crippen LogP contribution in [0.2, 0.25) is 0 Å². The van der Waals surface area contributed by atoms with Gasteiger partial charge in [0, 0.05) is 0 Å². The molecule has 0 aliphatic heterocycles. The van der Waals surface area contributed by atoms with Crippen molar-refractivity contribution in [2.75, 3.05) is 13.7 Å². The van der Waals surface area contributed by atoms with Crippen LogP contribution in [0.15, 0.2) is 5.29 Å². The van der Waals surface area contributed by atoms with Gasteiger partial charge in [0.15, 0.2) is 0 Å². The van der Waals surface area contributed by atoms with Crippen molar-refractivity contribution in [3.63, 3.8) is 0 Å². The molecule has 92 valence electrons. The van der Waals surface area contributed by atoms with Crippen LogP contribution in [0.5, 0.6) is 0 Å². The number of amides is 1. The lowest BCUT2D eigenvalue weighted by Gasteiger charge is -2.11. The number of nitroso groups, excluding NO2 is 1. The SMILES string of the molecule is COC(=O)N(CCCC[C@H](N)C(=O)O)N=O. The molecule has 3 N–H and O–H groups in total. The van der Waals surface area contributed by atoms with E-state index in [0.29, 0.717) is 17.9 Å². The van der Waals surface area contributed by atoms with Crippen molar-refractivity contribution in [2.45, 2.75) is 25.3 Å². The van der Waals surface area contributed by atoms with Crippen molar-refractivity contribution in [1.29, 1.82) is 0 Å². The Bertz CT molecular complexity index is 258. The van der Waals surface area contributed by atoms with Crippen LogP contribution in [0.25, 0.3) is 0 Å². The van der Waals surface area contributed by atoms with E-state index in [1.807, 2.05) is 0 Å². The molecule has 0 radical (unpaired) electrons. The third-order valence-corrected chi connectivity index (χ3v) is 1.94. The molecule has 8 heteroatoms. The Labute approximate surface area is 92.3 Å². The number of rotatable bonds is 7. The molecule has 1 atom stereocenters. The lowest BCUT2D eigenvalue weighted by atomic mass is 10.1. The van der Waals surface area contributed by atoms with Gasteiger partial charge in [-0.15, -0.1) is 4.91 Å². The first-order valence-corrected chi connectivity index (χ1v) is 4.70. The van der Waals surface area contributed by atoms with Crippen LogP contribution < -0.4 is 5.73 Å². The fraction of sp³-hybridized carbons (Fsp3) is 0.750. The first-order chi connectivity index (χ1) is 7.52. The molecule has 0 aromatic carbocycles. The van der Waals surface area contributed by atoms with E-state index in [4.69, 9.17) is 10.8 Å². The Kier molecular flexibility index (Phi) is 6.77. The average molecular weight is 233 g/mol. The zero-order chi connectivity index (χ0) is 12.6. The quantitative estimate of drug-likeness (QED) is 0.371. The van der Waals surface area contributed by atoms with Crippen molar-refractivity contribution in [2.24, 2.45) is 11.0 Å². The van der Waals surface area contributed by atoms with Gasteiger partial charge in [-0.2, -0.15) is 5.01 Å². The van der Waals surface area contributed by atoms with Gasteiger partial charge in [-0.05, 0) is 19.3 Å². The largest absolute Gasteiger partial charge is 0.480 e. The van der Waals surface area contributed by atoms with Gasteiger partial charge in [0.1, 0.15) is 6.04 Å². The minimum absolute atomic E-state index is 0.0858. The fourth-order valence-corrected chi connectivity index (χ4v) is 1.02. The number of nitrogens with two attached hydrogens (primary N) is 1. The number of nitrogens with zero attached hydrogens (tertiary/aromatic N) is 2. The van der Waals surface area contributed by atoms with Gasteiger partial charge in [0.2, 0.25) is 0 Å². The average Bonchev–Trinajstić information content (AvgIpc) is 2.27.